The van der Waals surface area contributed by atoms with E-state index in [9.17, 15) is 22.8 Å². The average Bonchev–Trinajstić information content (AvgIpc) is 2.59. The third kappa shape index (κ3) is 5.32. The van der Waals surface area contributed by atoms with Crippen LogP contribution in [0.3, 0.4) is 0 Å². The topological polar surface area (TPSA) is 49.4 Å². The van der Waals surface area contributed by atoms with Gasteiger partial charge in [-0.05, 0) is 40.2 Å². The van der Waals surface area contributed by atoms with E-state index in [-0.39, 0.29) is 11.3 Å². The molecule has 0 aliphatic rings. The van der Waals surface area contributed by atoms with E-state index in [0.717, 1.165) is 4.90 Å². The Bertz CT molecular complexity index is 809. The molecule has 26 heavy (non-hydrogen) atoms. The van der Waals surface area contributed by atoms with Gasteiger partial charge in [-0.25, -0.2) is 0 Å². The first-order valence-corrected chi connectivity index (χ1v) is 8.45. The average molecular weight is 429 g/mol. The maximum Gasteiger partial charge on any atom is 0.390 e. The molecule has 0 aliphatic carbocycles. The molecular weight excluding hydrogens is 413 g/mol. The summed E-state index contributed by atoms with van der Waals surface area (Å²) in [6, 6.07) is 13.0. The fourth-order valence-electron chi connectivity index (χ4n) is 2.22. The van der Waals surface area contributed by atoms with E-state index in [1.54, 1.807) is 36.4 Å². The molecule has 0 saturated carbocycles. The van der Waals surface area contributed by atoms with Crippen LogP contribution in [-0.2, 0) is 0 Å². The minimum absolute atomic E-state index is 0.123. The third-order valence-electron chi connectivity index (χ3n) is 3.60. The molecule has 1 N–H and O–H groups in total. The molecule has 4 nitrogen and oxygen atoms in total. The molecule has 0 spiro atoms. The van der Waals surface area contributed by atoms with Crippen LogP contribution in [0.4, 0.5) is 18.9 Å². The van der Waals surface area contributed by atoms with Gasteiger partial charge in [-0.2, -0.15) is 13.2 Å². The van der Waals surface area contributed by atoms with Crippen LogP contribution < -0.4 is 5.32 Å². The Morgan fingerprint density at radius 3 is 2.23 bits per heavy atom. The Kier molecular flexibility index (Phi) is 6.42. The van der Waals surface area contributed by atoms with Gasteiger partial charge in [0.05, 0.1) is 23.2 Å². The molecule has 8 heteroatoms. The van der Waals surface area contributed by atoms with Gasteiger partial charge in [-0.3, -0.25) is 9.59 Å². The molecule has 0 atom stereocenters. The van der Waals surface area contributed by atoms with Crippen LogP contribution >= 0.6 is 15.9 Å². The number of benzene rings is 2. The zero-order valence-corrected chi connectivity index (χ0v) is 15.4. The number of amides is 2. The SMILES string of the molecule is CN(CCC(F)(F)F)C(=O)c1ccccc1NC(=O)c1ccccc1Br. The number of carbonyl (C=O) groups excluding carboxylic acids is 2. The summed E-state index contributed by atoms with van der Waals surface area (Å²) in [4.78, 5) is 25.9. The molecule has 0 bridgehead atoms. The summed E-state index contributed by atoms with van der Waals surface area (Å²) in [5, 5.41) is 2.64. The number of hydrogen-bond donors (Lipinski definition) is 1. The number of halogens is 4. The van der Waals surface area contributed by atoms with Crippen molar-refractivity contribution in [3.63, 3.8) is 0 Å². The Morgan fingerprint density at radius 2 is 1.62 bits per heavy atom. The van der Waals surface area contributed by atoms with E-state index < -0.39 is 31.0 Å². The van der Waals surface area contributed by atoms with Crippen LogP contribution in [0.25, 0.3) is 0 Å². The number of rotatable bonds is 5. The molecule has 138 valence electrons. The summed E-state index contributed by atoms with van der Waals surface area (Å²) >= 11 is 3.28. The first kappa shape index (κ1) is 20.0. The summed E-state index contributed by atoms with van der Waals surface area (Å²) in [5.74, 6) is -1.03. The fraction of sp³-hybridized carbons (Fsp3) is 0.222. The zero-order valence-electron chi connectivity index (χ0n) is 13.8. The quantitative estimate of drug-likeness (QED) is 0.748. The van der Waals surface area contributed by atoms with Crippen molar-refractivity contribution in [2.45, 2.75) is 12.6 Å². The lowest BCUT2D eigenvalue weighted by molar-refractivity contribution is -0.136. The van der Waals surface area contributed by atoms with Crippen molar-refractivity contribution in [3.8, 4) is 0 Å². The van der Waals surface area contributed by atoms with Crippen LogP contribution in [0.2, 0.25) is 0 Å². The highest BCUT2D eigenvalue weighted by Crippen LogP contribution is 2.23. The van der Waals surface area contributed by atoms with E-state index in [4.69, 9.17) is 0 Å². The first-order chi connectivity index (χ1) is 12.2. The largest absolute Gasteiger partial charge is 0.390 e. The molecule has 2 aromatic carbocycles. The number of hydrogen-bond acceptors (Lipinski definition) is 2. The van der Waals surface area contributed by atoms with Crippen molar-refractivity contribution in [1.29, 1.82) is 0 Å². The van der Waals surface area contributed by atoms with Crippen molar-refractivity contribution >= 4 is 33.4 Å². The Morgan fingerprint density at radius 1 is 1.04 bits per heavy atom. The highest BCUT2D eigenvalue weighted by atomic mass is 79.9. The number of alkyl halides is 3. The smallest absolute Gasteiger partial charge is 0.341 e. The minimum atomic E-state index is -4.35. The van der Waals surface area contributed by atoms with Crippen molar-refractivity contribution in [2.75, 3.05) is 18.9 Å². The normalized spacial score (nSPS) is 11.1. The minimum Gasteiger partial charge on any atom is -0.341 e. The van der Waals surface area contributed by atoms with Crippen LogP contribution in [0.5, 0.6) is 0 Å². The van der Waals surface area contributed by atoms with Gasteiger partial charge < -0.3 is 10.2 Å². The van der Waals surface area contributed by atoms with Crippen molar-refractivity contribution < 1.29 is 22.8 Å². The lowest BCUT2D eigenvalue weighted by Gasteiger charge is -2.20. The maximum absolute atomic E-state index is 12.5. The summed E-state index contributed by atoms with van der Waals surface area (Å²) < 4.78 is 37.7. The van der Waals surface area contributed by atoms with Gasteiger partial charge in [0.2, 0.25) is 0 Å². The number of nitrogens with one attached hydrogen (secondary N) is 1. The third-order valence-corrected chi connectivity index (χ3v) is 4.29. The highest BCUT2D eigenvalue weighted by molar-refractivity contribution is 9.10. The summed E-state index contributed by atoms with van der Waals surface area (Å²) in [7, 11) is 1.29. The molecule has 2 rings (SSSR count). The number of nitrogens with zero attached hydrogens (tertiary/aromatic N) is 1. The summed E-state index contributed by atoms with van der Waals surface area (Å²) in [6.07, 6.45) is -5.44. The van der Waals surface area contributed by atoms with Crippen LogP contribution in [-0.4, -0.2) is 36.5 Å². The zero-order chi connectivity index (χ0) is 19.3. The molecule has 0 aliphatic heterocycles. The predicted octanol–water partition coefficient (Wildman–Crippen LogP) is 4.73. The predicted molar refractivity (Wildman–Crippen MR) is 96.2 cm³/mol. The molecule has 0 heterocycles. The maximum atomic E-state index is 12.5. The van der Waals surface area contributed by atoms with Crippen LogP contribution in [0.15, 0.2) is 53.0 Å². The van der Waals surface area contributed by atoms with Gasteiger partial charge >= 0.3 is 6.18 Å². The number of anilines is 1. The van der Waals surface area contributed by atoms with Gasteiger partial charge in [0.15, 0.2) is 0 Å². The lowest BCUT2D eigenvalue weighted by atomic mass is 10.1. The van der Waals surface area contributed by atoms with E-state index in [2.05, 4.69) is 21.2 Å². The Balaban J connectivity index is 2.18. The standard InChI is InChI=1S/C18H16BrF3N2O2/c1-24(11-10-18(20,21)22)17(26)13-7-3-5-9-15(13)23-16(25)12-6-2-4-8-14(12)19/h2-9H,10-11H2,1H3,(H,23,25). The van der Waals surface area contributed by atoms with Crippen molar-refractivity contribution in [2.24, 2.45) is 0 Å². The van der Waals surface area contributed by atoms with Gasteiger partial charge in [0.1, 0.15) is 0 Å². The summed E-state index contributed by atoms with van der Waals surface area (Å²) in [5.41, 5.74) is 0.731. The molecule has 2 amide bonds. The summed E-state index contributed by atoms with van der Waals surface area (Å²) in [6.45, 7) is -0.463. The number of para-hydroxylation sites is 1. The lowest BCUT2D eigenvalue weighted by Crippen LogP contribution is -2.31. The Labute approximate surface area is 157 Å². The first-order valence-electron chi connectivity index (χ1n) is 7.66. The molecule has 0 saturated heterocycles. The Hall–Kier alpha value is -2.35. The molecule has 0 fully saturated rings. The van der Waals surface area contributed by atoms with Gasteiger partial charge in [0, 0.05) is 18.1 Å². The van der Waals surface area contributed by atoms with Crippen molar-refractivity contribution in [1.82, 2.24) is 4.90 Å². The van der Waals surface area contributed by atoms with E-state index >= 15 is 0 Å². The molecule has 0 unspecified atom stereocenters. The second-order valence-electron chi connectivity index (χ2n) is 5.57. The van der Waals surface area contributed by atoms with E-state index in [1.165, 1.54) is 19.2 Å². The van der Waals surface area contributed by atoms with Gasteiger partial charge in [0.25, 0.3) is 11.8 Å². The van der Waals surface area contributed by atoms with Crippen LogP contribution in [0, 0.1) is 0 Å². The molecular formula is C18H16BrF3N2O2. The van der Waals surface area contributed by atoms with Crippen molar-refractivity contribution in [3.05, 3.63) is 64.1 Å². The van der Waals surface area contributed by atoms with E-state index in [0.29, 0.717) is 10.0 Å². The van der Waals surface area contributed by atoms with Crippen LogP contribution in [0.1, 0.15) is 27.1 Å². The van der Waals surface area contributed by atoms with Gasteiger partial charge in [-0.1, -0.05) is 24.3 Å². The number of carbonyl (C=O) groups is 2. The second-order valence-corrected chi connectivity index (χ2v) is 6.43. The second kappa shape index (κ2) is 8.35. The fourth-order valence-corrected chi connectivity index (χ4v) is 2.68. The molecule has 2 aromatic rings. The highest BCUT2D eigenvalue weighted by Gasteiger charge is 2.28. The monoisotopic (exact) mass is 428 g/mol. The van der Waals surface area contributed by atoms with Gasteiger partial charge in [-0.15, -0.1) is 0 Å². The molecule has 0 radical (unpaired) electrons. The molecule has 0 aromatic heterocycles. The van der Waals surface area contributed by atoms with E-state index in [1.807, 2.05) is 0 Å².